The largest absolute Gasteiger partial charge is 0.412 e. The van der Waals surface area contributed by atoms with E-state index in [9.17, 15) is 0 Å². The Morgan fingerprint density at radius 3 is 0.456 bits per heavy atom. The summed E-state index contributed by atoms with van der Waals surface area (Å²) in [7, 11) is 0. The van der Waals surface area contributed by atoms with Crippen LogP contribution < -0.4 is 85.1 Å². The molecule has 34 atom stereocenters. The van der Waals surface area contributed by atoms with Gasteiger partial charge in [0.1, 0.15) is 0 Å². The van der Waals surface area contributed by atoms with E-state index >= 15 is 0 Å². The minimum Gasteiger partial charge on any atom is -0.412 e. The first-order valence-electron chi connectivity index (χ1n) is 39.0. The van der Waals surface area contributed by atoms with Crippen LogP contribution in [0.15, 0.2) is 0 Å². The molecule has 16 bridgehead atoms. The highest BCUT2D eigenvalue weighted by atomic mass is 16.0. The molecule has 18 nitrogen and oxygen atoms in total. The normalized spacial score (nSPS) is 54.3. The first-order chi connectivity index (χ1) is 42.8. The zero-order chi connectivity index (χ0) is 59.2. The standard InChI is InChI=1S/2C36H64N8.2H2O/c2*1-36(2,3)26-18-10-17-25-27(26)35-43-33-24-16-9-8-15-23(24)31(41-33)39-29-20-12-5-4-11-19(20)28(37-29)38-30-21-13-6-7-14-22(21)32(40-30)42-34(25)44-35;;/h2*19-35,37-44H,4-18H2,1-3H3;2*1H2. The lowest BCUT2D eigenvalue weighted by Gasteiger charge is -2.45. The fraction of sp³-hybridized carbons (Fsp3) is 1.00. The molecule has 8 saturated carbocycles. The number of hydrogen-bond donors (Lipinski definition) is 16. The summed E-state index contributed by atoms with van der Waals surface area (Å²) in [5, 5.41) is 68.5. The van der Waals surface area contributed by atoms with Gasteiger partial charge in [0.05, 0.1) is 98.7 Å². The monoisotopic (exact) mass is 1250 g/mol. The molecule has 0 aromatic rings. The Morgan fingerprint density at radius 1 is 0.167 bits per heavy atom. The SMILES string of the molecule is CC(C)(C)C1CCCC2C3NC4NC(NC5NC(NC6NC(NC(N3)C21)C1CCCCC61)C1CCCCC51)C1CCCCC41.CC(C)(C)C1CCCC2C3NC4NC(NC5NC(NC6NC(NC(N3)C21)C1CCCCC61)C1CCCCC51)C1CCCCC41.O.O. The molecule has 34 unspecified atom stereocenters. The van der Waals surface area contributed by atoms with Gasteiger partial charge in [-0.25, -0.2) is 0 Å². The number of hydrogen-bond acceptors (Lipinski definition) is 16. The van der Waals surface area contributed by atoms with Crippen molar-refractivity contribution < 1.29 is 11.0 Å². The zero-order valence-electron chi connectivity index (χ0n) is 56.8. The van der Waals surface area contributed by atoms with Gasteiger partial charge in [0.2, 0.25) is 0 Å². The van der Waals surface area contributed by atoms with E-state index < -0.39 is 0 Å². The van der Waals surface area contributed by atoms with Crippen LogP contribution in [-0.2, 0) is 0 Å². The number of nitrogens with one attached hydrogen (secondary N) is 16. The molecular formula is C72H132N16O2. The van der Waals surface area contributed by atoms with Gasteiger partial charge in [0.15, 0.2) is 0 Å². The minimum absolute atomic E-state index is 0. The first kappa shape index (κ1) is 65.2. The van der Waals surface area contributed by atoms with Crippen LogP contribution in [0, 0.1) is 117 Å². The Bertz CT molecular complexity index is 2230. The van der Waals surface area contributed by atoms with Gasteiger partial charge in [-0.1, -0.05) is 131 Å². The Morgan fingerprint density at radius 2 is 0.300 bits per heavy atom. The third kappa shape index (κ3) is 11.9. The average molecular weight is 1250 g/mol. The molecule has 0 aromatic carbocycles. The predicted octanol–water partition coefficient (Wildman–Crippen LogP) is 6.11. The van der Waals surface area contributed by atoms with Crippen LogP contribution in [0.4, 0.5) is 0 Å². The lowest BCUT2D eigenvalue weighted by molar-refractivity contribution is 0.0492. The van der Waals surface area contributed by atoms with Gasteiger partial charge < -0.3 is 11.0 Å². The Hall–Kier alpha value is -0.720. The third-order valence-electron chi connectivity index (χ3n) is 30.0. The van der Waals surface area contributed by atoms with E-state index in [0.717, 1.165) is 82.9 Å². The molecule has 8 aliphatic carbocycles. The van der Waals surface area contributed by atoms with Gasteiger partial charge in [0, 0.05) is 0 Å². The maximum Gasteiger partial charge on any atom is 0.0631 e. The molecule has 18 fully saturated rings. The molecule has 0 spiro atoms. The summed E-state index contributed by atoms with van der Waals surface area (Å²) in [5.74, 6) is 13.0. The van der Waals surface area contributed by atoms with Crippen LogP contribution in [0.2, 0.25) is 0 Å². The molecular weight excluding hydrogens is 1120 g/mol. The quantitative estimate of drug-likeness (QED) is 0.131. The second-order valence-electron chi connectivity index (χ2n) is 36.3. The molecule has 18 heteroatoms. The van der Waals surface area contributed by atoms with E-state index in [0.29, 0.717) is 133 Å². The van der Waals surface area contributed by atoms with Crippen molar-refractivity contribution in [3.8, 4) is 0 Å². The lowest BCUT2D eigenvalue weighted by Crippen LogP contribution is -2.62. The summed E-state index contributed by atoms with van der Waals surface area (Å²) in [5.41, 5.74) is 0.658. The van der Waals surface area contributed by atoms with Gasteiger partial charge in [-0.05, 0) is 220 Å². The van der Waals surface area contributed by atoms with Crippen LogP contribution >= 0.6 is 0 Å². The van der Waals surface area contributed by atoms with E-state index in [2.05, 4.69) is 127 Å². The summed E-state index contributed by atoms with van der Waals surface area (Å²) in [4.78, 5) is 0. The highest BCUT2D eigenvalue weighted by Gasteiger charge is 2.60. The van der Waals surface area contributed by atoms with Crippen LogP contribution in [-0.4, -0.2) is 110 Å². The molecule has 10 saturated heterocycles. The van der Waals surface area contributed by atoms with Gasteiger partial charge in [-0.2, -0.15) is 0 Å². The molecule has 18 rings (SSSR count). The summed E-state index contributed by atoms with van der Waals surface area (Å²) < 4.78 is 0. The molecule has 512 valence electrons. The van der Waals surface area contributed by atoms with E-state index in [4.69, 9.17) is 0 Å². The molecule has 0 radical (unpaired) electrons. The lowest BCUT2D eigenvalue weighted by atomic mass is 9.62. The van der Waals surface area contributed by atoms with Gasteiger partial charge in [-0.15, -0.1) is 0 Å². The van der Waals surface area contributed by atoms with Crippen LogP contribution in [0.5, 0.6) is 0 Å². The van der Waals surface area contributed by atoms with Crippen molar-refractivity contribution in [3.63, 3.8) is 0 Å². The second kappa shape index (κ2) is 26.5. The van der Waals surface area contributed by atoms with Gasteiger partial charge in [0.25, 0.3) is 0 Å². The predicted molar refractivity (Wildman–Crippen MR) is 358 cm³/mol. The first-order valence-corrected chi connectivity index (χ1v) is 39.0. The minimum atomic E-state index is 0. The highest BCUT2D eigenvalue weighted by molar-refractivity contribution is 5.13. The van der Waals surface area contributed by atoms with E-state index in [1.807, 2.05) is 0 Å². The molecule has 0 amide bonds. The van der Waals surface area contributed by atoms with Crippen LogP contribution in [0.3, 0.4) is 0 Å². The highest BCUT2D eigenvalue weighted by Crippen LogP contribution is 2.54. The maximum absolute atomic E-state index is 4.36. The summed E-state index contributed by atoms with van der Waals surface area (Å²) in [6.45, 7) is 15.1. The van der Waals surface area contributed by atoms with Crippen molar-refractivity contribution in [2.75, 3.05) is 0 Å². The van der Waals surface area contributed by atoms with Gasteiger partial charge >= 0.3 is 0 Å². The van der Waals surface area contributed by atoms with Crippen molar-refractivity contribution in [3.05, 3.63) is 0 Å². The summed E-state index contributed by atoms with van der Waals surface area (Å²) in [6.07, 6.45) is 47.6. The van der Waals surface area contributed by atoms with E-state index in [1.165, 1.54) is 193 Å². The number of rotatable bonds is 0. The maximum atomic E-state index is 4.36. The van der Waals surface area contributed by atoms with Crippen molar-refractivity contribution in [2.24, 2.45) is 117 Å². The zero-order valence-corrected chi connectivity index (χ0v) is 56.8. The third-order valence-corrected chi connectivity index (χ3v) is 30.0. The topological polar surface area (TPSA) is 255 Å². The Kier molecular flexibility index (Phi) is 19.2. The fourth-order valence-corrected chi connectivity index (χ4v) is 26.1. The number of fused-ring (bicyclic) bond motifs is 40. The fourth-order valence-electron chi connectivity index (χ4n) is 26.1. The Labute approximate surface area is 543 Å². The van der Waals surface area contributed by atoms with Crippen LogP contribution in [0.1, 0.15) is 234 Å². The molecule has 90 heavy (non-hydrogen) atoms. The van der Waals surface area contributed by atoms with Crippen molar-refractivity contribution in [1.29, 1.82) is 0 Å². The second-order valence-corrected chi connectivity index (χ2v) is 36.3. The van der Waals surface area contributed by atoms with Crippen molar-refractivity contribution in [1.82, 2.24) is 85.1 Å². The molecule has 20 N–H and O–H groups in total. The molecule has 10 aliphatic heterocycles. The van der Waals surface area contributed by atoms with E-state index in [-0.39, 0.29) is 11.0 Å². The van der Waals surface area contributed by atoms with Crippen LogP contribution in [0.25, 0.3) is 0 Å². The molecule has 10 heterocycles. The van der Waals surface area contributed by atoms with E-state index in [1.54, 1.807) is 0 Å². The summed E-state index contributed by atoms with van der Waals surface area (Å²) >= 11 is 0. The smallest absolute Gasteiger partial charge is 0.0631 e. The van der Waals surface area contributed by atoms with Crippen molar-refractivity contribution in [2.45, 2.75) is 333 Å². The summed E-state index contributed by atoms with van der Waals surface area (Å²) in [6, 6.07) is 0. The molecule has 18 aliphatic rings. The molecule has 0 aromatic heterocycles. The van der Waals surface area contributed by atoms with Crippen molar-refractivity contribution >= 4 is 0 Å². The Balaban J connectivity index is 0.000000147. The van der Waals surface area contributed by atoms with Gasteiger partial charge in [-0.3, -0.25) is 85.1 Å². The average Bonchev–Trinajstić information content (AvgIpc) is 1.61.